The zero-order valence-corrected chi connectivity index (χ0v) is 30.4. The van der Waals surface area contributed by atoms with Crippen molar-refractivity contribution in [1.29, 1.82) is 0 Å². The summed E-state index contributed by atoms with van der Waals surface area (Å²) in [5, 5.41) is 2.22. The number of nitrogens with zero attached hydrogens (tertiary/aromatic N) is 3. The number of para-hydroxylation sites is 2. The Morgan fingerprint density at radius 1 is 0.364 bits per heavy atom. The van der Waals surface area contributed by atoms with Gasteiger partial charge in [0.15, 0.2) is 17.5 Å². The third-order valence-electron chi connectivity index (χ3n) is 11.9. The van der Waals surface area contributed by atoms with Crippen LogP contribution in [0.1, 0.15) is 43.2 Å². The Morgan fingerprint density at radius 3 is 1.51 bits per heavy atom. The van der Waals surface area contributed by atoms with E-state index in [4.69, 9.17) is 19.4 Å². The first-order valence-corrected chi connectivity index (χ1v) is 19.4. The van der Waals surface area contributed by atoms with Gasteiger partial charge in [0.2, 0.25) is 0 Å². The molecular weight excluding hydrogens is 671 g/mol. The lowest BCUT2D eigenvalue weighted by atomic mass is 9.68. The lowest BCUT2D eigenvalue weighted by Gasteiger charge is -2.36. The van der Waals surface area contributed by atoms with Crippen LogP contribution >= 0.6 is 0 Å². The van der Waals surface area contributed by atoms with Crippen LogP contribution in [-0.4, -0.2) is 15.0 Å². The molecule has 4 nitrogen and oxygen atoms in total. The second-order valence-electron chi connectivity index (χ2n) is 15.0. The first-order chi connectivity index (χ1) is 27.2. The van der Waals surface area contributed by atoms with Gasteiger partial charge in [-0.05, 0) is 58.4 Å². The highest BCUT2D eigenvalue weighted by Gasteiger charge is 2.43. The van der Waals surface area contributed by atoms with Crippen LogP contribution in [0, 0.1) is 0 Å². The van der Waals surface area contributed by atoms with Crippen molar-refractivity contribution in [2.24, 2.45) is 0 Å². The van der Waals surface area contributed by atoms with E-state index in [0.29, 0.717) is 17.5 Å². The first kappa shape index (κ1) is 31.8. The Bertz CT molecular complexity index is 2850. The largest absolute Gasteiger partial charge is 0.455 e. The molecule has 262 valence electrons. The number of hydrogen-bond acceptors (Lipinski definition) is 4. The fraction of sp³-hybridized carbons (Fsp3) is 0.118. The molecule has 7 aromatic carbocycles. The summed E-state index contributed by atoms with van der Waals surface area (Å²) in [4.78, 5) is 14.9. The summed E-state index contributed by atoms with van der Waals surface area (Å²) >= 11 is 0. The van der Waals surface area contributed by atoms with Crippen LogP contribution in [0.25, 0.3) is 89.5 Å². The highest BCUT2D eigenvalue weighted by atomic mass is 16.3. The maximum Gasteiger partial charge on any atom is 0.164 e. The molecule has 4 heteroatoms. The number of hydrogen-bond donors (Lipinski definition) is 0. The molecule has 0 saturated heterocycles. The third kappa shape index (κ3) is 5.16. The predicted molar refractivity (Wildman–Crippen MR) is 224 cm³/mol. The Kier molecular flexibility index (Phi) is 7.38. The summed E-state index contributed by atoms with van der Waals surface area (Å²) in [7, 11) is 0. The minimum Gasteiger partial charge on any atom is -0.455 e. The van der Waals surface area contributed by atoms with Crippen molar-refractivity contribution in [2.75, 3.05) is 0 Å². The molecule has 0 radical (unpaired) electrons. The van der Waals surface area contributed by atoms with E-state index < -0.39 is 0 Å². The Hall–Kier alpha value is -6.65. The highest BCUT2D eigenvalue weighted by molar-refractivity contribution is 6.13. The molecule has 55 heavy (non-hydrogen) atoms. The average Bonchev–Trinajstić information content (AvgIpc) is 3.78. The number of benzene rings is 7. The van der Waals surface area contributed by atoms with Gasteiger partial charge in [0.05, 0.1) is 0 Å². The van der Waals surface area contributed by atoms with Gasteiger partial charge in [-0.1, -0.05) is 171 Å². The molecule has 2 aliphatic rings. The van der Waals surface area contributed by atoms with Gasteiger partial charge in [-0.2, -0.15) is 0 Å². The fourth-order valence-corrected chi connectivity index (χ4v) is 9.36. The molecule has 11 rings (SSSR count). The van der Waals surface area contributed by atoms with Gasteiger partial charge >= 0.3 is 0 Å². The summed E-state index contributed by atoms with van der Waals surface area (Å²) < 4.78 is 6.98. The van der Waals surface area contributed by atoms with E-state index in [1.54, 1.807) is 0 Å². The van der Waals surface area contributed by atoms with Crippen LogP contribution in [0.2, 0.25) is 0 Å². The van der Waals surface area contributed by atoms with Crippen molar-refractivity contribution >= 4 is 21.9 Å². The van der Waals surface area contributed by atoms with Crippen molar-refractivity contribution < 1.29 is 4.42 Å². The second-order valence-corrected chi connectivity index (χ2v) is 15.0. The molecular formula is C51H37N3O. The standard InChI is InChI=1S/C51H37N3O/c1-4-15-33(16-5-1)48-52-49(34-17-6-2-7-18-34)54-50(53-48)37-20-12-19-35(31-37)38-22-13-24-41-42-25-14-23-39(47(42)55-46(38)41)36-27-28-45-43(32-36)40-21-8-9-26-44(40)51(45)29-10-3-11-30-51/h1-2,4-9,12-28,31-32H,3,10-11,29-30H2. The molecule has 9 aromatic rings. The van der Waals surface area contributed by atoms with E-state index >= 15 is 0 Å². The molecule has 2 heterocycles. The van der Waals surface area contributed by atoms with Gasteiger partial charge in [-0.3, -0.25) is 0 Å². The zero-order valence-electron chi connectivity index (χ0n) is 30.4. The van der Waals surface area contributed by atoms with Crippen LogP contribution in [0.15, 0.2) is 168 Å². The minimum atomic E-state index is 0.144. The Labute approximate surface area is 320 Å². The number of rotatable bonds is 5. The number of furan rings is 1. The molecule has 0 N–H and O–H groups in total. The van der Waals surface area contributed by atoms with Crippen LogP contribution in [0.3, 0.4) is 0 Å². The maximum atomic E-state index is 6.98. The van der Waals surface area contributed by atoms with Gasteiger partial charge in [0.25, 0.3) is 0 Å². The number of fused-ring (bicyclic) bond motifs is 8. The quantitative estimate of drug-likeness (QED) is 0.179. The van der Waals surface area contributed by atoms with E-state index in [1.165, 1.54) is 59.9 Å². The molecule has 1 saturated carbocycles. The summed E-state index contributed by atoms with van der Waals surface area (Å²) in [5.74, 6) is 1.92. The molecule has 0 amide bonds. The normalized spacial score (nSPS) is 14.3. The Balaban J connectivity index is 1.03. The molecule has 0 aliphatic heterocycles. The Morgan fingerprint density at radius 2 is 0.855 bits per heavy atom. The molecule has 1 fully saturated rings. The van der Waals surface area contributed by atoms with Gasteiger partial charge in [-0.25, -0.2) is 15.0 Å². The monoisotopic (exact) mass is 707 g/mol. The summed E-state index contributed by atoms with van der Waals surface area (Å²) in [6.07, 6.45) is 6.38. The fourth-order valence-electron chi connectivity index (χ4n) is 9.36. The van der Waals surface area contributed by atoms with E-state index in [2.05, 4.69) is 103 Å². The van der Waals surface area contributed by atoms with Crippen LogP contribution in [-0.2, 0) is 5.41 Å². The maximum absolute atomic E-state index is 6.98. The lowest BCUT2D eigenvalue weighted by Crippen LogP contribution is -2.27. The molecule has 0 atom stereocenters. The van der Waals surface area contributed by atoms with Gasteiger partial charge in [0, 0.05) is 44.0 Å². The van der Waals surface area contributed by atoms with Crippen molar-refractivity contribution in [3.05, 3.63) is 175 Å². The minimum absolute atomic E-state index is 0.144. The summed E-state index contributed by atoms with van der Waals surface area (Å²) in [6.45, 7) is 0. The van der Waals surface area contributed by atoms with Crippen molar-refractivity contribution in [3.8, 4) is 67.5 Å². The van der Waals surface area contributed by atoms with Crippen molar-refractivity contribution in [1.82, 2.24) is 15.0 Å². The molecule has 2 aliphatic carbocycles. The molecule has 0 unspecified atom stereocenters. The smallest absolute Gasteiger partial charge is 0.164 e. The SMILES string of the molecule is c1ccc(-c2nc(-c3ccccc3)nc(-c3cccc(-c4cccc5c4oc4c(-c6ccc7c(c6)-c6ccccc6C76CCCCC6)cccc45)c3)n2)cc1. The average molecular weight is 708 g/mol. The van der Waals surface area contributed by atoms with Gasteiger partial charge in [0.1, 0.15) is 11.2 Å². The lowest BCUT2D eigenvalue weighted by molar-refractivity contribution is 0.353. The van der Waals surface area contributed by atoms with Crippen molar-refractivity contribution in [2.45, 2.75) is 37.5 Å². The van der Waals surface area contributed by atoms with E-state index in [0.717, 1.165) is 55.3 Å². The van der Waals surface area contributed by atoms with E-state index in [-0.39, 0.29) is 5.41 Å². The predicted octanol–water partition coefficient (Wildman–Crippen LogP) is 13.3. The summed E-state index contributed by atoms with van der Waals surface area (Å²) in [6, 6.07) is 58.0. The number of aromatic nitrogens is 3. The second kappa shape index (κ2) is 12.7. The molecule has 0 bridgehead atoms. The zero-order chi connectivity index (χ0) is 36.3. The van der Waals surface area contributed by atoms with Crippen LogP contribution in [0.5, 0.6) is 0 Å². The highest BCUT2D eigenvalue weighted by Crippen LogP contribution is 2.56. The third-order valence-corrected chi connectivity index (χ3v) is 11.9. The molecule has 2 aromatic heterocycles. The van der Waals surface area contributed by atoms with Crippen molar-refractivity contribution in [3.63, 3.8) is 0 Å². The summed E-state index contributed by atoms with van der Waals surface area (Å²) in [5.41, 5.74) is 14.9. The van der Waals surface area contributed by atoms with Crippen LogP contribution < -0.4 is 0 Å². The van der Waals surface area contributed by atoms with Gasteiger partial charge < -0.3 is 4.42 Å². The van der Waals surface area contributed by atoms with Crippen LogP contribution in [0.4, 0.5) is 0 Å². The van der Waals surface area contributed by atoms with E-state index in [1.807, 2.05) is 60.7 Å². The first-order valence-electron chi connectivity index (χ1n) is 19.4. The van der Waals surface area contributed by atoms with Gasteiger partial charge in [-0.15, -0.1) is 0 Å². The molecule has 1 spiro atoms. The topological polar surface area (TPSA) is 51.8 Å². The van der Waals surface area contributed by atoms with E-state index in [9.17, 15) is 0 Å².